The SMILES string of the molecule is CCC(C)(C)C(NN(C)C1=CCCC2=C1C=C(F)C#CC2)C(C)C. The first-order valence-corrected chi connectivity index (χ1v) is 9.04. The minimum absolute atomic E-state index is 0.183. The molecule has 2 aliphatic rings. The Bertz CT molecular complexity index is 626. The van der Waals surface area contributed by atoms with Crippen molar-refractivity contribution in [2.75, 3.05) is 7.05 Å². The predicted molar refractivity (Wildman–Crippen MR) is 99.5 cm³/mol. The molecule has 2 nitrogen and oxygen atoms in total. The minimum Gasteiger partial charge on any atom is -0.311 e. The zero-order chi connectivity index (χ0) is 17.9. The molecule has 3 heteroatoms. The number of halogens is 1. The van der Waals surface area contributed by atoms with E-state index in [0.717, 1.165) is 30.5 Å². The molecule has 0 aromatic carbocycles. The summed E-state index contributed by atoms with van der Waals surface area (Å²) in [6.07, 6.45) is 7.54. The summed E-state index contributed by atoms with van der Waals surface area (Å²) in [4.78, 5) is 0. The summed E-state index contributed by atoms with van der Waals surface area (Å²) in [5.74, 6) is 5.69. The summed E-state index contributed by atoms with van der Waals surface area (Å²) in [5, 5.41) is 2.09. The lowest BCUT2D eigenvalue weighted by atomic mass is 9.77. The molecule has 0 aliphatic heterocycles. The zero-order valence-corrected chi connectivity index (χ0v) is 16.0. The van der Waals surface area contributed by atoms with E-state index in [2.05, 4.69) is 63.0 Å². The minimum atomic E-state index is -0.338. The van der Waals surface area contributed by atoms with Crippen molar-refractivity contribution in [3.05, 3.63) is 34.8 Å². The van der Waals surface area contributed by atoms with Crippen LogP contribution >= 0.6 is 0 Å². The molecule has 132 valence electrons. The Morgan fingerprint density at radius 3 is 2.71 bits per heavy atom. The van der Waals surface area contributed by atoms with Crippen molar-refractivity contribution < 1.29 is 4.39 Å². The second kappa shape index (κ2) is 7.57. The van der Waals surface area contributed by atoms with Crippen LogP contribution in [0, 0.1) is 23.2 Å². The van der Waals surface area contributed by atoms with Crippen molar-refractivity contribution in [1.82, 2.24) is 10.4 Å². The van der Waals surface area contributed by atoms with Gasteiger partial charge in [0.1, 0.15) is 0 Å². The van der Waals surface area contributed by atoms with Crippen LogP contribution in [0.2, 0.25) is 0 Å². The largest absolute Gasteiger partial charge is 0.311 e. The van der Waals surface area contributed by atoms with Gasteiger partial charge in [-0.2, -0.15) is 4.39 Å². The molecule has 0 radical (unpaired) electrons. The average molecular weight is 330 g/mol. The second-order valence-corrected chi connectivity index (χ2v) is 7.87. The standard InChI is InChI=1S/C21H31FN2/c1-7-21(4,5)20(15(2)3)23-24(6)19-13-9-11-16-10-8-12-17(22)14-18(16)19/h13-15,20,23H,7,9-11H2,1-6H3. The third-order valence-electron chi connectivity index (χ3n) is 5.34. The van der Waals surface area contributed by atoms with Gasteiger partial charge in [0.25, 0.3) is 0 Å². The zero-order valence-electron chi connectivity index (χ0n) is 16.0. The molecule has 0 saturated carbocycles. The van der Waals surface area contributed by atoms with E-state index in [1.165, 1.54) is 5.57 Å². The van der Waals surface area contributed by atoms with Crippen molar-refractivity contribution >= 4 is 0 Å². The Kier molecular flexibility index (Phi) is 5.93. The van der Waals surface area contributed by atoms with E-state index in [1.807, 2.05) is 7.05 Å². The third kappa shape index (κ3) is 4.11. The molecule has 0 amide bonds. The number of nitrogens with one attached hydrogen (secondary N) is 1. The summed E-state index contributed by atoms with van der Waals surface area (Å²) in [6.45, 7) is 11.3. The Hall–Kier alpha value is -1.53. The van der Waals surface area contributed by atoms with Gasteiger partial charge >= 0.3 is 0 Å². The second-order valence-electron chi connectivity index (χ2n) is 7.87. The lowest BCUT2D eigenvalue weighted by molar-refractivity contribution is 0.110. The molecule has 1 unspecified atom stereocenters. The van der Waals surface area contributed by atoms with Gasteiger partial charge in [0.2, 0.25) is 0 Å². The fraction of sp³-hybridized carbons (Fsp3) is 0.619. The van der Waals surface area contributed by atoms with Gasteiger partial charge < -0.3 is 5.01 Å². The number of rotatable bonds is 6. The van der Waals surface area contributed by atoms with Crippen molar-refractivity contribution in [1.29, 1.82) is 0 Å². The lowest BCUT2D eigenvalue weighted by Gasteiger charge is -2.41. The molecule has 0 heterocycles. The van der Waals surface area contributed by atoms with Crippen LogP contribution in [0.5, 0.6) is 0 Å². The quantitative estimate of drug-likeness (QED) is 0.537. The maximum atomic E-state index is 13.9. The Morgan fingerprint density at radius 2 is 2.08 bits per heavy atom. The number of hydrogen-bond acceptors (Lipinski definition) is 2. The fourth-order valence-corrected chi connectivity index (χ4v) is 3.61. The summed E-state index contributed by atoms with van der Waals surface area (Å²) in [5.41, 5.74) is 7.17. The van der Waals surface area contributed by atoms with Crippen LogP contribution in [0.1, 0.15) is 60.3 Å². The van der Waals surface area contributed by atoms with Crippen LogP contribution in [0.15, 0.2) is 34.8 Å². The number of allylic oxidation sites excluding steroid dienone is 4. The molecule has 1 N–H and O–H groups in total. The molecule has 2 aliphatic carbocycles. The van der Waals surface area contributed by atoms with Gasteiger partial charge in [0.15, 0.2) is 5.83 Å². The van der Waals surface area contributed by atoms with E-state index >= 15 is 0 Å². The van der Waals surface area contributed by atoms with Crippen molar-refractivity contribution in [3.63, 3.8) is 0 Å². The molecular formula is C21H31FN2. The maximum absolute atomic E-state index is 13.9. The molecule has 0 saturated heterocycles. The molecule has 0 aromatic rings. The number of hydrazine groups is 1. The highest BCUT2D eigenvalue weighted by atomic mass is 19.1. The topological polar surface area (TPSA) is 15.3 Å². The Morgan fingerprint density at radius 1 is 1.38 bits per heavy atom. The van der Waals surface area contributed by atoms with Gasteiger partial charge in [-0.25, -0.2) is 5.43 Å². The van der Waals surface area contributed by atoms with E-state index in [9.17, 15) is 4.39 Å². The smallest absolute Gasteiger partial charge is 0.173 e. The number of nitrogens with zero attached hydrogens (tertiary/aromatic N) is 1. The third-order valence-corrected chi connectivity index (χ3v) is 5.34. The van der Waals surface area contributed by atoms with Crippen molar-refractivity contribution in [2.45, 2.75) is 66.3 Å². The highest BCUT2D eigenvalue weighted by Gasteiger charge is 2.32. The monoisotopic (exact) mass is 330 g/mol. The van der Waals surface area contributed by atoms with Gasteiger partial charge in [-0.05, 0) is 48.2 Å². The summed E-state index contributed by atoms with van der Waals surface area (Å²) in [6, 6.07) is 0.343. The highest BCUT2D eigenvalue weighted by Crippen LogP contribution is 2.34. The van der Waals surface area contributed by atoms with Crippen LogP contribution in [-0.4, -0.2) is 18.1 Å². The van der Waals surface area contributed by atoms with Gasteiger partial charge in [0, 0.05) is 25.1 Å². The fourth-order valence-electron chi connectivity index (χ4n) is 3.61. The molecule has 0 aromatic heterocycles. The van der Waals surface area contributed by atoms with Gasteiger partial charge in [-0.1, -0.05) is 46.6 Å². The average Bonchev–Trinajstić information content (AvgIpc) is 2.72. The number of likely N-dealkylation sites (N-methyl/N-ethyl adjacent to an activating group) is 1. The van der Waals surface area contributed by atoms with Gasteiger partial charge in [-0.15, -0.1) is 0 Å². The van der Waals surface area contributed by atoms with Crippen LogP contribution in [0.4, 0.5) is 4.39 Å². The first-order chi connectivity index (χ1) is 11.3. The normalized spacial score (nSPS) is 19.0. The van der Waals surface area contributed by atoms with Crippen molar-refractivity contribution in [3.8, 4) is 11.8 Å². The molecule has 0 spiro atoms. The highest BCUT2D eigenvalue weighted by molar-refractivity contribution is 5.51. The molecule has 0 bridgehead atoms. The number of hydrogen-bond donors (Lipinski definition) is 1. The maximum Gasteiger partial charge on any atom is 0.173 e. The van der Waals surface area contributed by atoms with Crippen LogP contribution in [0.25, 0.3) is 0 Å². The Labute approximate surface area is 146 Å². The molecule has 24 heavy (non-hydrogen) atoms. The Balaban J connectivity index is 2.25. The van der Waals surface area contributed by atoms with Gasteiger partial charge in [-0.3, -0.25) is 0 Å². The van der Waals surface area contributed by atoms with E-state index in [-0.39, 0.29) is 11.2 Å². The van der Waals surface area contributed by atoms with E-state index in [1.54, 1.807) is 6.08 Å². The van der Waals surface area contributed by atoms with E-state index in [0.29, 0.717) is 18.4 Å². The van der Waals surface area contributed by atoms with E-state index < -0.39 is 0 Å². The summed E-state index contributed by atoms with van der Waals surface area (Å²) < 4.78 is 13.9. The lowest BCUT2D eigenvalue weighted by Crippen LogP contribution is -2.52. The first kappa shape index (κ1) is 18.8. The predicted octanol–water partition coefficient (Wildman–Crippen LogP) is 5.12. The van der Waals surface area contributed by atoms with E-state index in [4.69, 9.17) is 0 Å². The van der Waals surface area contributed by atoms with Crippen LogP contribution < -0.4 is 5.43 Å². The van der Waals surface area contributed by atoms with Crippen LogP contribution in [0.3, 0.4) is 0 Å². The molecule has 2 rings (SSSR count). The molecule has 0 fully saturated rings. The van der Waals surface area contributed by atoms with Gasteiger partial charge in [0.05, 0.1) is 5.70 Å². The molecule has 1 atom stereocenters. The van der Waals surface area contributed by atoms with Crippen molar-refractivity contribution in [2.24, 2.45) is 11.3 Å². The van der Waals surface area contributed by atoms with Crippen LogP contribution in [-0.2, 0) is 0 Å². The molecular weight excluding hydrogens is 299 g/mol. The summed E-state index contributed by atoms with van der Waals surface area (Å²) in [7, 11) is 2.04. The first-order valence-electron chi connectivity index (χ1n) is 9.04. The summed E-state index contributed by atoms with van der Waals surface area (Å²) >= 11 is 0.